The van der Waals surface area contributed by atoms with Crippen molar-refractivity contribution in [2.45, 2.75) is 51.4 Å². The Morgan fingerprint density at radius 1 is 1.05 bits per heavy atom. The summed E-state index contributed by atoms with van der Waals surface area (Å²) in [7, 11) is 2.21. The third-order valence-corrected chi connectivity index (χ3v) is 4.92. The Balaban J connectivity index is 2.01. The largest absolute Gasteiger partial charge is 0.368 e. The van der Waals surface area contributed by atoms with Crippen LogP contribution < -0.4 is 5.73 Å². The lowest BCUT2D eigenvalue weighted by atomic mass is 9.82. The normalized spacial score (nSPS) is 36.3. The molecule has 0 saturated carbocycles. The van der Waals surface area contributed by atoms with E-state index < -0.39 is 0 Å². The van der Waals surface area contributed by atoms with Crippen molar-refractivity contribution < 1.29 is 4.74 Å². The molecule has 2 aliphatic heterocycles. The highest BCUT2D eigenvalue weighted by atomic mass is 16.5. The quantitative estimate of drug-likeness (QED) is 0.817. The van der Waals surface area contributed by atoms with E-state index in [1.165, 1.54) is 19.5 Å². The second-order valence-electron chi connectivity index (χ2n) is 7.40. The third kappa shape index (κ3) is 3.30. The molecular formula is C15H31N3O. The van der Waals surface area contributed by atoms with E-state index in [4.69, 9.17) is 10.5 Å². The van der Waals surface area contributed by atoms with Gasteiger partial charge in [0.25, 0.3) is 0 Å². The van der Waals surface area contributed by atoms with Gasteiger partial charge >= 0.3 is 0 Å². The molecule has 19 heavy (non-hydrogen) atoms. The number of hydrogen-bond donors (Lipinski definition) is 1. The Morgan fingerprint density at radius 3 is 2.32 bits per heavy atom. The van der Waals surface area contributed by atoms with Gasteiger partial charge in [0, 0.05) is 31.6 Å². The van der Waals surface area contributed by atoms with Gasteiger partial charge in [0.05, 0.1) is 11.2 Å². The van der Waals surface area contributed by atoms with Crippen molar-refractivity contribution in [2.24, 2.45) is 11.7 Å². The lowest BCUT2D eigenvalue weighted by Crippen LogP contribution is -2.48. The zero-order valence-electron chi connectivity index (χ0n) is 13.3. The Hall–Kier alpha value is -0.160. The molecule has 2 rings (SSSR count). The topological polar surface area (TPSA) is 41.7 Å². The highest BCUT2D eigenvalue weighted by Crippen LogP contribution is 2.41. The summed E-state index contributed by atoms with van der Waals surface area (Å²) < 4.78 is 6.19. The van der Waals surface area contributed by atoms with Crippen LogP contribution in [0.25, 0.3) is 0 Å². The number of nitrogens with two attached hydrogens (primary N) is 1. The Kier molecular flexibility index (Phi) is 4.26. The summed E-state index contributed by atoms with van der Waals surface area (Å²) in [5.41, 5.74) is 6.12. The van der Waals surface area contributed by atoms with Crippen LogP contribution >= 0.6 is 0 Å². The summed E-state index contributed by atoms with van der Waals surface area (Å²) >= 11 is 0. The van der Waals surface area contributed by atoms with Crippen LogP contribution in [0.1, 0.15) is 34.1 Å². The maximum Gasteiger partial charge on any atom is 0.0788 e. The van der Waals surface area contributed by atoms with Gasteiger partial charge < -0.3 is 20.3 Å². The fraction of sp³-hybridized carbons (Fsp3) is 1.00. The molecule has 0 aliphatic carbocycles. The van der Waals surface area contributed by atoms with Crippen LogP contribution in [0, 0.1) is 5.92 Å². The summed E-state index contributed by atoms with van der Waals surface area (Å²) in [6, 6.07) is 0.114. The molecule has 0 radical (unpaired) electrons. The maximum absolute atomic E-state index is 6.45. The number of rotatable bonds is 2. The van der Waals surface area contributed by atoms with E-state index in [1.807, 2.05) is 0 Å². The van der Waals surface area contributed by atoms with Crippen LogP contribution in [-0.4, -0.2) is 66.8 Å². The minimum absolute atomic E-state index is 0.114. The Morgan fingerprint density at radius 2 is 1.74 bits per heavy atom. The zero-order chi connectivity index (χ0) is 14.3. The van der Waals surface area contributed by atoms with Crippen LogP contribution in [0.3, 0.4) is 0 Å². The average Bonchev–Trinajstić information content (AvgIpc) is 2.46. The fourth-order valence-corrected chi connectivity index (χ4v) is 3.63. The summed E-state index contributed by atoms with van der Waals surface area (Å²) in [5, 5.41) is 0. The predicted octanol–water partition coefficient (Wildman–Crippen LogP) is 1.15. The van der Waals surface area contributed by atoms with E-state index in [2.05, 4.69) is 44.5 Å². The van der Waals surface area contributed by atoms with Gasteiger partial charge in [0.2, 0.25) is 0 Å². The summed E-state index contributed by atoms with van der Waals surface area (Å²) in [5.74, 6) is 0.408. The number of nitrogens with zero attached hydrogens (tertiary/aromatic N) is 2. The number of hydrogen-bond acceptors (Lipinski definition) is 4. The van der Waals surface area contributed by atoms with Gasteiger partial charge in [-0.1, -0.05) is 0 Å². The first-order valence-corrected chi connectivity index (χ1v) is 7.59. The van der Waals surface area contributed by atoms with Gasteiger partial charge in [-0.3, -0.25) is 0 Å². The van der Waals surface area contributed by atoms with Crippen LogP contribution in [-0.2, 0) is 4.74 Å². The van der Waals surface area contributed by atoms with Gasteiger partial charge in [0.15, 0.2) is 0 Å². The monoisotopic (exact) mass is 269 g/mol. The third-order valence-electron chi connectivity index (χ3n) is 4.92. The summed E-state index contributed by atoms with van der Waals surface area (Å²) in [4.78, 5) is 4.99. The molecule has 0 spiro atoms. The summed E-state index contributed by atoms with van der Waals surface area (Å²) in [6.45, 7) is 14.4. The van der Waals surface area contributed by atoms with E-state index in [0.29, 0.717) is 5.92 Å². The minimum atomic E-state index is -0.212. The molecule has 0 bridgehead atoms. The Labute approximate surface area is 118 Å². The molecule has 2 fully saturated rings. The standard InChI is InChI=1S/C15H31N3O/c1-14(2)12(13(16)15(3,4)19-14)11-18-8-6-7-17(5)9-10-18/h12-13H,6-11,16H2,1-5H3. The van der Waals surface area contributed by atoms with Crippen LogP contribution in [0.2, 0.25) is 0 Å². The van der Waals surface area contributed by atoms with Crippen molar-refractivity contribution in [1.29, 1.82) is 0 Å². The first kappa shape index (κ1) is 15.2. The first-order chi connectivity index (χ1) is 8.72. The molecule has 2 atom stereocenters. The van der Waals surface area contributed by atoms with E-state index in [-0.39, 0.29) is 17.2 Å². The van der Waals surface area contributed by atoms with Crippen LogP contribution in [0.15, 0.2) is 0 Å². The van der Waals surface area contributed by atoms with E-state index in [0.717, 1.165) is 19.6 Å². The number of likely N-dealkylation sites (N-methyl/N-ethyl adjacent to an activating group) is 1. The van der Waals surface area contributed by atoms with Gasteiger partial charge in [-0.2, -0.15) is 0 Å². The highest BCUT2D eigenvalue weighted by molar-refractivity contribution is 5.04. The predicted molar refractivity (Wildman–Crippen MR) is 79.3 cm³/mol. The molecule has 2 saturated heterocycles. The molecule has 4 heteroatoms. The summed E-state index contributed by atoms with van der Waals surface area (Å²) in [6.07, 6.45) is 1.25. The lowest BCUT2D eigenvalue weighted by Gasteiger charge is -2.32. The van der Waals surface area contributed by atoms with Crippen molar-refractivity contribution in [2.75, 3.05) is 39.8 Å². The van der Waals surface area contributed by atoms with E-state index in [1.54, 1.807) is 0 Å². The molecule has 2 heterocycles. The zero-order valence-corrected chi connectivity index (χ0v) is 13.3. The Bertz CT molecular complexity index is 317. The number of ether oxygens (including phenoxy) is 1. The average molecular weight is 269 g/mol. The molecule has 112 valence electrons. The smallest absolute Gasteiger partial charge is 0.0788 e. The molecule has 0 aromatic heterocycles. The molecule has 2 aliphatic rings. The van der Waals surface area contributed by atoms with Crippen molar-refractivity contribution in [3.05, 3.63) is 0 Å². The molecule has 0 amide bonds. The molecular weight excluding hydrogens is 238 g/mol. The molecule has 2 N–H and O–H groups in total. The van der Waals surface area contributed by atoms with Crippen molar-refractivity contribution in [1.82, 2.24) is 9.80 Å². The van der Waals surface area contributed by atoms with Crippen LogP contribution in [0.5, 0.6) is 0 Å². The lowest BCUT2D eigenvalue weighted by molar-refractivity contribution is -0.0784. The van der Waals surface area contributed by atoms with E-state index in [9.17, 15) is 0 Å². The van der Waals surface area contributed by atoms with Gasteiger partial charge in [0.1, 0.15) is 0 Å². The van der Waals surface area contributed by atoms with Crippen LogP contribution in [0.4, 0.5) is 0 Å². The SMILES string of the molecule is CN1CCCN(CC2C(N)C(C)(C)OC2(C)C)CC1. The second-order valence-corrected chi connectivity index (χ2v) is 7.40. The highest BCUT2D eigenvalue weighted by Gasteiger charge is 2.52. The maximum atomic E-state index is 6.45. The minimum Gasteiger partial charge on any atom is -0.368 e. The van der Waals surface area contributed by atoms with Gasteiger partial charge in [-0.15, -0.1) is 0 Å². The molecule has 0 aromatic carbocycles. The van der Waals surface area contributed by atoms with E-state index >= 15 is 0 Å². The fourth-order valence-electron chi connectivity index (χ4n) is 3.63. The second kappa shape index (κ2) is 5.32. The molecule has 0 aromatic rings. The molecule has 2 unspecified atom stereocenters. The van der Waals surface area contributed by atoms with Crippen molar-refractivity contribution in [3.63, 3.8) is 0 Å². The molecule has 4 nitrogen and oxygen atoms in total. The first-order valence-electron chi connectivity index (χ1n) is 7.59. The van der Waals surface area contributed by atoms with Gasteiger partial charge in [-0.05, 0) is 54.3 Å². The van der Waals surface area contributed by atoms with Crippen molar-refractivity contribution >= 4 is 0 Å². The van der Waals surface area contributed by atoms with Gasteiger partial charge in [-0.25, -0.2) is 0 Å². The van der Waals surface area contributed by atoms with Crippen molar-refractivity contribution in [3.8, 4) is 0 Å².